The van der Waals surface area contributed by atoms with Gasteiger partial charge in [0.05, 0.1) is 16.4 Å². The van der Waals surface area contributed by atoms with E-state index in [1.165, 1.54) is 33.3 Å². The highest BCUT2D eigenvalue weighted by atomic mass is 35.5. The number of anilines is 1. The average Bonchev–Trinajstić information content (AvgIpc) is 3.31. The van der Waals surface area contributed by atoms with Gasteiger partial charge < -0.3 is 5.73 Å². The second-order valence-corrected chi connectivity index (χ2v) is 12.5. The molecule has 3 heterocycles. The molecular formula is C29H22ClN3OS3. The maximum absolute atomic E-state index is 12.7. The third-order valence-corrected chi connectivity index (χ3v) is 10.4. The largest absolute Gasteiger partial charge is 0.383 e. The number of Topliss-reactive ketones (excluding diaryl/α,β-unsaturated/α-hetero) is 1. The molecule has 0 saturated heterocycles. The summed E-state index contributed by atoms with van der Waals surface area (Å²) in [4.78, 5) is 24.3. The lowest BCUT2D eigenvalue weighted by Gasteiger charge is -2.30. The molecule has 0 saturated carbocycles. The van der Waals surface area contributed by atoms with E-state index in [1.807, 2.05) is 11.8 Å². The molecule has 0 amide bonds. The first-order valence-electron chi connectivity index (χ1n) is 11.8. The van der Waals surface area contributed by atoms with Gasteiger partial charge in [0.15, 0.2) is 10.9 Å². The number of carbonyl (C=O) groups is 1. The van der Waals surface area contributed by atoms with Gasteiger partial charge >= 0.3 is 0 Å². The highest BCUT2D eigenvalue weighted by Crippen LogP contribution is 2.55. The smallest absolute Gasteiger partial charge is 0.191 e. The standard InChI is InChI=1S/C29H22ClN3OS3/c30-20-13-11-17(12-14-20)22(34)16-35-29-32-27(31)24-21-15-23(18-7-3-1-4-8-18)36-25(19-9-5-2-6-10-19)26(21)37-28(24)33-29/h1-14,23,25H,15-16H2,(H2,31,32,33)/t23-,25-/m0/s1. The van der Waals surface area contributed by atoms with Gasteiger partial charge in [0.1, 0.15) is 10.6 Å². The zero-order chi connectivity index (χ0) is 25.4. The lowest BCUT2D eigenvalue weighted by atomic mass is 9.98. The van der Waals surface area contributed by atoms with Crippen LogP contribution in [-0.4, -0.2) is 21.5 Å². The Kier molecular flexibility index (Phi) is 6.95. The first-order chi connectivity index (χ1) is 18.1. The number of thiophene rings is 1. The number of nitrogen functional groups attached to an aromatic ring is 1. The van der Waals surface area contributed by atoms with E-state index in [-0.39, 0.29) is 16.8 Å². The summed E-state index contributed by atoms with van der Waals surface area (Å²) in [5.41, 5.74) is 11.0. The third kappa shape index (κ3) is 5.01. The van der Waals surface area contributed by atoms with E-state index >= 15 is 0 Å². The first kappa shape index (κ1) is 24.5. The van der Waals surface area contributed by atoms with Gasteiger partial charge in [-0.3, -0.25) is 4.79 Å². The number of hydrogen-bond acceptors (Lipinski definition) is 7. The zero-order valence-electron chi connectivity index (χ0n) is 19.6. The number of hydrogen-bond donors (Lipinski definition) is 1. The predicted molar refractivity (Wildman–Crippen MR) is 157 cm³/mol. The maximum atomic E-state index is 12.7. The summed E-state index contributed by atoms with van der Waals surface area (Å²) in [5, 5.41) is 2.58. The quantitative estimate of drug-likeness (QED) is 0.129. The van der Waals surface area contributed by atoms with Crippen LogP contribution in [0.2, 0.25) is 5.02 Å². The van der Waals surface area contributed by atoms with E-state index in [0.29, 0.717) is 26.8 Å². The molecular weight excluding hydrogens is 538 g/mol. The number of aromatic nitrogens is 2. The molecule has 5 aromatic rings. The van der Waals surface area contributed by atoms with Crippen molar-refractivity contribution in [3.05, 3.63) is 117 Å². The summed E-state index contributed by atoms with van der Waals surface area (Å²) in [6.07, 6.45) is 0.877. The van der Waals surface area contributed by atoms with Gasteiger partial charge in [0.25, 0.3) is 0 Å². The van der Waals surface area contributed by atoms with Gasteiger partial charge in [-0.2, -0.15) is 0 Å². The van der Waals surface area contributed by atoms with Crippen LogP contribution in [-0.2, 0) is 6.42 Å². The minimum absolute atomic E-state index is 0.000605. The van der Waals surface area contributed by atoms with Crippen molar-refractivity contribution in [2.75, 3.05) is 11.5 Å². The van der Waals surface area contributed by atoms with Crippen molar-refractivity contribution in [1.29, 1.82) is 0 Å². The van der Waals surface area contributed by atoms with Crippen LogP contribution in [0, 0.1) is 0 Å². The van der Waals surface area contributed by atoms with Crippen molar-refractivity contribution in [3.63, 3.8) is 0 Å². The fraction of sp³-hybridized carbons (Fsp3) is 0.138. The molecule has 0 aliphatic carbocycles. The normalized spacial score (nSPS) is 17.0. The number of rotatable bonds is 6. The van der Waals surface area contributed by atoms with Crippen molar-refractivity contribution >= 4 is 68.3 Å². The molecule has 0 bridgehead atoms. The van der Waals surface area contributed by atoms with E-state index in [0.717, 1.165) is 16.6 Å². The topological polar surface area (TPSA) is 68.9 Å². The number of thioether (sulfide) groups is 2. The summed E-state index contributed by atoms with van der Waals surface area (Å²) in [5.74, 6) is 0.714. The molecule has 1 aliphatic heterocycles. The number of halogens is 1. The van der Waals surface area contributed by atoms with Crippen LogP contribution in [0.5, 0.6) is 0 Å². The van der Waals surface area contributed by atoms with Crippen LogP contribution in [0.1, 0.15) is 42.4 Å². The first-order valence-corrected chi connectivity index (χ1v) is 14.9. The number of benzene rings is 3. The Morgan fingerprint density at radius 1 is 0.946 bits per heavy atom. The molecule has 0 spiro atoms. The van der Waals surface area contributed by atoms with Crippen LogP contribution in [0.4, 0.5) is 5.82 Å². The lowest BCUT2D eigenvalue weighted by Crippen LogP contribution is -2.12. The van der Waals surface area contributed by atoms with Gasteiger partial charge in [-0.15, -0.1) is 23.1 Å². The Bertz CT molecular complexity index is 1570. The molecule has 2 atom stereocenters. The van der Waals surface area contributed by atoms with Crippen molar-refractivity contribution in [2.24, 2.45) is 0 Å². The van der Waals surface area contributed by atoms with Gasteiger partial charge in [-0.25, -0.2) is 9.97 Å². The van der Waals surface area contributed by atoms with Crippen LogP contribution in [0.3, 0.4) is 0 Å². The van der Waals surface area contributed by atoms with Crippen LogP contribution < -0.4 is 5.73 Å². The number of ketones is 1. The fourth-order valence-electron chi connectivity index (χ4n) is 4.59. The average molecular weight is 560 g/mol. The minimum Gasteiger partial charge on any atom is -0.383 e. The molecule has 2 N–H and O–H groups in total. The Labute approximate surface area is 232 Å². The molecule has 0 radical (unpaired) electrons. The molecule has 0 fully saturated rings. The van der Waals surface area contributed by atoms with Crippen LogP contribution >= 0.6 is 46.5 Å². The SMILES string of the molecule is Nc1nc(SCC(=O)c2ccc(Cl)cc2)nc2sc3c(c12)C[C@@H](c1ccccc1)S[C@H]3c1ccccc1. The fourth-order valence-corrected chi connectivity index (χ4v) is 8.54. The molecule has 3 aromatic carbocycles. The minimum atomic E-state index is 0.000605. The lowest BCUT2D eigenvalue weighted by molar-refractivity contribution is 0.102. The van der Waals surface area contributed by atoms with Crippen molar-refractivity contribution in [1.82, 2.24) is 9.97 Å². The number of nitrogens with two attached hydrogens (primary N) is 1. The third-order valence-electron chi connectivity index (χ3n) is 6.39. The summed E-state index contributed by atoms with van der Waals surface area (Å²) in [6.45, 7) is 0. The monoisotopic (exact) mass is 559 g/mol. The molecule has 1 aliphatic rings. The molecule has 184 valence electrons. The van der Waals surface area contributed by atoms with Gasteiger partial charge in [-0.1, -0.05) is 84.0 Å². The Hall–Kier alpha value is -2.84. The van der Waals surface area contributed by atoms with Crippen molar-refractivity contribution in [3.8, 4) is 0 Å². The summed E-state index contributed by atoms with van der Waals surface area (Å²) in [7, 11) is 0. The van der Waals surface area contributed by atoms with Gasteiger partial charge in [0.2, 0.25) is 0 Å². The van der Waals surface area contributed by atoms with Crippen molar-refractivity contribution in [2.45, 2.75) is 22.1 Å². The van der Waals surface area contributed by atoms with Gasteiger partial charge in [0, 0.05) is 20.7 Å². The van der Waals surface area contributed by atoms with Crippen LogP contribution in [0.15, 0.2) is 90.1 Å². The summed E-state index contributed by atoms with van der Waals surface area (Å²) >= 11 is 10.9. The van der Waals surface area contributed by atoms with E-state index in [4.69, 9.17) is 22.3 Å². The molecule has 37 heavy (non-hydrogen) atoms. The second kappa shape index (κ2) is 10.5. The van der Waals surface area contributed by atoms with E-state index in [2.05, 4.69) is 65.6 Å². The highest BCUT2D eigenvalue weighted by Gasteiger charge is 2.34. The molecule has 6 rings (SSSR count). The predicted octanol–water partition coefficient (Wildman–Crippen LogP) is 8.02. The van der Waals surface area contributed by atoms with E-state index < -0.39 is 0 Å². The van der Waals surface area contributed by atoms with Gasteiger partial charge in [-0.05, 0) is 47.4 Å². The van der Waals surface area contributed by atoms with Crippen LogP contribution in [0.25, 0.3) is 10.2 Å². The Morgan fingerprint density at radius 2 is 1.62 bits per heavy atom. The maximum Gasteiger partial charge on any atom is 0.191 e. The second-order valence-electron chi connectivity index (χ2n) is 8.77. The van der Waals surface area contributed by atoms with E-state index in [9.17, 15) is 4.79 Å². The molecule has 4 nitrogen and oxygen atoms in total. The summed E-state index contributed by atoms with van der Waals surface area (Å²) < 4.78 is 0. The number of carbonyl (C=O) groups excluding carboxylic acids is 1. The molecule has 8 heteroatoms. The van der Waals surface area contributed by atoms with Crippen molar-refractivity contribution < 1.29 is 4.79 Å². The highest BCUT2D eigenvalue weighted by molar-refractivity contribution is 8.00. The Morgan fingerprint density at radius 3 is 2.32 bits per heavy atom. The molecule has 2 aromatic heterocycles. The zero-order valence-corrected chi connectivity index (χ0v) is 22.8. The van der Waals surface area contributed by atoms with E-state index in [1.54, 1.807) is 35.6 Å². The number of fused-ring (bicyclic) bond motifs is 3. The molecule has 0 unspecified atom stereocenters. The number of nitrogens with zero attached hydrogens (tertiary/aromatic N) is 2. The Balaban J connectivity index is 1.35. The summed E-state index contributed by atoms with van der Waals surface area (Å²) in [6, 6.07) is 28.2.